The lowest BCUT2D eigenvalue weighted by Crippen LogP contribution is -2.28. The summed E-state index contributed by atoms with van der Waals surface area (Å²) in [7, 11) is 0. The van der Waals surface area contributed by atoms with Crippen LogP contribution in [-0.4, -0.2) is 9.97 Å². The lowest BCUT2D eigenvalue weighted by molar-refractivity contribution is 0.769. The van der Waals surface area contributed by atoms with E-state index in [0.717, 1.165) is 33.5 Å². The van der Waals surface area contributed by atoms with Crippen LogP contribution in [0.2, 0.25) is 0 Å². The van der Waals surface area contributed by atoms with E-state index in [0.29, 0.717) is 5.82 Å². The van der Waals surface area contributed by atoms with E-state index in [4.69, 9.17) is 9.97 Å². The predicted molar refractivity (Wildman–Crippen MR) is 277 cm³/mol. The van der Waals surface area contributed by atoms with Gasteiger partial charge in [0.25, 0.3) is 0 Å². The summed E-state index contributed by atoms with van der Waals surface area (Å²) in [6.07, 6.45) is 0. The summed E-state index contributed by atoms with van der Waals surface area (Å²) in [5.74, 6) is 0.710. The number of rotatable bonds is 7. The van der Waals surface area contributed by atoms with Gasteiger partial charge >= 0.3 is 0 Å². The highest BCUT2D eigenvalue weighted by Crippen LogP contribution is 2.56. The molecule has 0 aliphatic heterocycles. The van der Waals surface area contributed by atoms with Gasteiger partial charge in [-0.15, -0.1) is 11.3 Å². The van der Waals surface area contributed by atoms with Gasteiger partial charge in [0.1, 0.15) is 0 Å². The third-order valence-electron chi connectivity index (χ3n) is 13.6. The third-order valence-corrected chi connectivity index (χ3v) is 14.8. The Hall–Kier alpha value is -8.24. The van der Waals surface area contributed by atoms with Gasteiger partial charge in [0, 0.05) is 36.9 Å². The molecular formula is C63H40N2S. The molecule has 0 unspecified atom stereocenters. The summed E-state index contributed by atoms with van der Waals surface area (Å²) in [6, 6.07) is 88.3. The fraction of sp³-hybridized carbons (Fsp3) is 0.0159. The molecule has 10 aromatic carbocycles. The van der Waals surface area contributed by atoms with Crippen molar-refractivity contribution in [3.63, 3.8) is 0 Å². The first-order valence-corrected chi connectivity index (χ1v) is 23.4. The van der Waals surface area contributed by atoms with E-state index >= 15 is 0 Å². The molecule has 66 heavy (non-hydrogen) atoms. The second-order valence-corrected chi connectivity index (χ2v) is 18.3. The van der Waals surface area contributed by atoms with Crippen molar-refractivity contribution in [2.45, 2.75) is 5.41 Å². The first kappa shape index (κ1) is 38.2. The normalized spacial score (nSPS) is 12.7. The van der Waals surface area contributed by atoms with Crippen molar-refractivity contribution in [3.05, 3.63) is 265 Å². The van der Waals surface area contributed by atoms with Crippen LogP contribution in [0.25, 0.3) is 98.2 Å². The first-order valence-electron chi connectivity index (χ1n) is 22.6. The number of aromatic nitrogens is 2. The summed E-state index contributed by atoms with van der Waals surface area (Å²) >= 11 is 1.83. The Bertz CT molecular complexity index is 3760. The molecule has 1 aliphatic carbocycles. The van der Waals surface area contributed by atoms with Gasteiger partial charge in [0.2, 0.25) is 0 Å². The van der Waals surface area contributed by atoms with E-state index in [2.05, 4.69) is 237 Å². The maximum atomic E-state index is 5.28. The zero-order valence-corrected chi connectivity index (χ0v) is 36.7. The molecule has 2 nitrogen and oxygen atoms in total. The molecule has 0 atom stereocenters. The number of hydrogen-bond donors (Lipinski definition) is 0. The molecule has 0 bridgehead atoms. The van der Waals surface area contributed by atoms with E-state index in [-0.39, 0.29) is 0 Å². The van der Waals surface area contributed by atoms with Gasteiger partial charge in [0.15, 0.2) is 5.82 Å². The van der Waals surface area contributed by atoms with Gasteiger partial charge in [0.05, 0.1) is 16.8 Å². The van der Waals surface area contributed by atoms with E-state index in [1.54, 1.807) is 0 Å². The predicted octanol–water partition coefficient (Wildman–Crippen LogP) is 16.7. The molecule has 0 fully saturated rings. The van der Waals surface area contributed by atoms with Crippen LogP contribution in [0.3, 0.4) is 0 Å². The highest BCUT2D eigenvalue weighted by atomic mass is 32.1. The SMILES string of the molecule is c1ccc(-c2nc(-c3ccc4sc5ccccc5c4c3)cc(-c3ccc(-c4ccc(-c5ccc6c(c5)C(c5ccccc5)(c5ccccc5)c5ccccc5-6)cc4)c4ccccc34)n2)cc1. The minimum Gasteiger partial charge on any atom is -0.228 e. The van der Waals surface area contributed by atoms with Crippen LogP contribution in [0, 0.1) is 0 Å². The molecule has 3 heteroatoms. The maximum Gasteiger partial charge on any atom is 0.160 e. The number of thiophene rings is 1. The molecule has 12 aromatic rings. The Morgan fingerprint density at radius 1 is 0.288 bits per heavy atom. The zero-order valence-electron chi connectivity index (χ0n) is 35.9. The Kier molecular flexibility index (Phi) is 8.97. The molecule has 308 valence electrons. The van der Waals surface area contributed by atoms with Crippen molar-refractivity contribution in [1.29, 1.82) is 0 Å². The second kappa shape index (κ2) is 15.5. The average Bonchev–Trinajstić information content (AvgIpc) is 3.92. The molecule has 0 amide bonds. The van der Waals surface area contributed by atoms with Crippen LogP contribution >= 0.6 is 11.3 Å². The molecular weight excluding hydrogens is 817 g/mol. The summed E-state index contributed by atoms with van der Waals surface area (Å²) < 4.78 is 2.57. The quantitative estimate of drug-likeness (QED) is 0.160. The molecule has 0 N–H and O–H groups in total. The molecule has 2 aromatic heterocycles. The van der Waals surface area contributed by atoms with Crippen molar-refractivity contribution in [2.75, 3.05) is 0 Å². The smallest absolute Gasteiger partial charge is 0.160 e. The monoisotopic (exact) mass is 856 g/mol. The van der Waals surface area contributed by atoms with Crippen molar-refractivity contribution in [3.8, 4) is 67.3 Å². The summed E-state index contributed by atoms with van der Waals surface area (Å²) in [5, 5.41) is 4.86. The van der Waals surface area contributed by atoms with Gasteiger partial charge in [-0.05, 0) is 96.7 Å². The van der Waals surface area contributed by atoms with Crippen LogP contribution in [-0.2, 0) is 5.41 Å². The maximum absolute atomic E-state index is 5.28. The minimum absolute atomic E-state index is 0.441. The van der Waals surface area contributed by atoms with Crippen LogP contribution in [0.5, 0.6) is 0 Å². The Morgan fingerprint density at radius 2 is 0.818 bits per heavy atom. The Balaban J connectivity index is 0.906. The van der Waals surface area contributed by atoms with Crippen LogP contribution < -0.4 is 0 Å². The summed E-state index contributed by atoms with van der Waals surface area (Å²) in [6.45, 7) is 0. The van der Waals surface area contributed by atoms with Crippen molar-refractivity contribution in [1.82, 2.24) is 9.97 Å². The van der Waals surface area contributed by atoms with E-state index in [1.807, 2.05) is 17.4 Å². The van der Waals surface area contributed by atoms with Crippen LogP contribution in [0.15, 0.2) is 243 Å². The van der Waals surface area contributed by atoms with Crippen molar-refractivity contribution in [2.24, 2.45) is 0 Å². The van der Waals surface area contributed by atoms with Gasteiger partial charge in [-0.3, -0.25) is 0 Å². The average molecular weight is 857 g/mol. The third kappa shape index (κ3) is 6.09. The summed E-state index contributed by atoms with van der Waals surface area (Å²) in [5.41, 5.74) is 17.0. The number of hydrogen-bond acceptors (Lipinski definition) is 3. The lowest BCUT2D eigenvalue weighted by Gasteiger charge is -2.34. The van der Waals surface area contributed by atoms with E-state index < -0.39 is 5.41 Å². The van der Waals surface area contributed by atoms with Gasteiger partial charge in [-0.2, -0.15) is 0 Å². The van der Waals surface area contributed by atoms with Crippen molar-refractivity contribution >= 4 is 42.3 Å². The number of fused-ring (bicyclic) bond motifs is 7. The Morgan fingerprint density at radius 3 is 1.58 bits per heavy atom. The first-order chi connectivity index (χ1) is 32.7. The molecule has 0 spiro atoms. The molecule has 2 heterocycles. The molecule has 13 rings (SSSR count). The fourth-order valence-corrected chi connectivity index (χ4v) is 11.7. The minimum atomic E-state index is -0.441. The standard InChI is InChI=1S/C63H40N2S/c1-4-16-43(17-5-1)62-64-58(45-33-37-61-55(38-45)54-25-13-15-27-60(54)66-61)40-59(65-62)53-36-35-48(49-22-10-11-23-50(49)53)42-30-28-41(29-31-42)44-32-34-52-51-24-12-14-26-56(51)63(57(52)39-44,46-18-6-2-7-19-46)47-20-8-3-9-21-47/h1-40H. The van der Waals surface area contributed by atoms with Crippen molar-refractivity contribution < 1.29 is 0 Å². The van der Waals surface area contributed by atoms with Gasteiger partial charge in [-0.1, -0.05) is 212 Å². The molecule has 0 saturated carbocycles. The van der Waals surface area contributed by atoms with Crippen LogP contribution in [0.4, 0.5) is 0 Å². The highest BCUT2D eigenvalue weighted by Gasteiger charge is 2.46. The Labute approximate surface area is 387 Å². The molecule has 1 aliphatic rings. The van der Waals surface area contributed by atoms with Crippen LogP contribution in [0.1, 0.15) is 22.3 Å². The summed E-state index contributed by atoms with van der Waals surface area (Å²) in [4.78, 5) is 10.5. The fourth-order valence-electron chi connectivity index (χ4n) is 10.6. The second-order valence-electron chi connectivity index (χ2n) is 17.2. The highest BCUT2D eigenvalue weighted by molar-refractivity contribution is 7.25. The molecule has 0 radical (unpaired) electrons. The van der Waals surface area contributed by atoms with E-state index in [9.17, 15) is 0 Å². The lowest BCUT2D eigenvalue weighted by atomic mass is 9.67. The molecule has 0 saturated heterocycles. The number of benzene rings is 10. The van der Waals surface area contributed by atoms with Gasteiger partial charge in [-0.25, -0.2) is 9.97 Å². The van der Waals surface area contributed by atoms with Gasteiger partial charge < -0.3 is 0 Å². The zero-order chi connectivity index (χ0) is 43.6. The topological polar surface area (TPSA) is 25.8 Å². The largest absolute Gasteiger partial charge is 0.228 e. The number of nitrogens with zero attached hydrogens (tertiary/aromatic N) is 2. The van der Waals surface area contributed by atoms with E-state index in [1.165, 1.54) is 81.2 Å².